The smallest absolute Gasteiger partial charge is 1.00 e. The van der Waals surface area contributed by atoms with Crippen LogP contribution >= 0.6 is 0 Å². The minimum atomic E-state index is 0. The summed E-state index contributed by atoms with van der Waals surface area (Å²) in [4.78, 5) is 0. The molecule has 3 heteroatoms. The molecular weight excluding hydrogens is 458 g/mol. The van der Waals surface area contributed by atoms with Crippen molar-refractivity contribution in [2.45, 2.75) is 77.0 Å². The van der Waals surface area contributed by atoms with Crippen LogP contribution in [0.15, 0.2) is 24.3 Å². The quantitative estimate of drug-likeness (QED) is 0.417. The van der Waals surface area contributed by atoms with Crippen LogP contribution in [-0.2, 0) is 21.1 Å². The van der Waals surface area contributed by atoms with E-state index in [-0.39, 0.29) is 45.9 Å². The van der Waals surface area contributed by atoms with Gasteiger partial charge < -0.3 is 24.8 Å². The number of rotatable bonds is 0. The van der Waals surface area contributed by atoms with Crippen LogP contribution in [0.1, 0.15) is 77.0 Å². The zero-order chi connectivity index (χ0) is 11.3. The normalized spacial score (nSPS) is 21.9. The van der Waals surface area contributed by atoms with Crippen LogP contribution in [0.4, 0.5) is 0 Å². The summed E-state index contributed by atoms with van der Waals surface area (Å²) in [5.74, 6) is 0. The predicted molar refractivity (Wildman–Crippen MR) is 73.7 cm³/mol. The van der Waals surface area contributed by atoms with E-state index in [4.69, 9.17) is 0 Å². The molecule has 2 rings (SSSR count). The fraction of sp³-hybridized carbons (Fsp3) is 0.750. The Morgan fingerprint density at radius 2 is 0.579 bits per heavy atom. The van der Waals surface area contributed by atoms with Gasteiger partial charge in [0.15, 0.2) is 0 Å². The molecule has 0 aromatic carbocycles. The number of halogens is 2. The standard InChI is InChI=1S/2C8H14.2ClH.Pt/c2*1-2-4-6-8-7-5-3-1;;;/h2*1-2H,3-8H2;2*1H;/q;;;;+2/p-2/b2*2-1-;;;. The van der Waals surface area contributed by atoms with Gasteiger partial charge in [-0.15, -0.1) is 0 Å². The van der Waals surface area contributed by atoms with E-state index < -0.39 is 0 Å². The third-order valence-corrected chi connectivity index (χ3v) is 3.32. The minimum absolute atomic E-state index is 0. The molecule has 0 bridgehead atoms. The van der Waals surface area contributed by atoms with Crippen LogP contribution in [0.3, 0.4) is 0 Å². The number of allylic oxidation sites excluding steroid dienone is 4. The molecule has 2 aliphatic rings. The van der Waals surface area contributed by atoms with Crippen LogP contribution < -0.4 is 24.8 Å². The Bertz CT molecular complexity index is 161. The monoisotopic (exact) mass is 485 g/mol. The van der Waals surface area contributed by atoms with Gasteiger partial charge in [0.1, 0.15) is 0 Å². The van der Waals surface area contributed by atoms with Gasteiger partial charge in [0.25, 0.3) is 0 Å². The second kappa shape index (κ2) is 21.1. The number of hydrogen-bond donors (Lipinski definition) is 0. The van der Waals surface area contributed by atoms with E-state index in [0.29, 0.717) is 0 Å². The Morgan fingerprint density at radius 3 is 0.789 bits per heavy atom. The molecule has 0 unspecified atom stereocenters. The molecule has 0 radical (unpaired) electrons. The summed E-state index contributed by atoms with van der Waals surface area (Å²) in [6.45, 7) is 0. The second-order valence-corrected chi connectivity index (χ2v) is 4.93. The van der Waals surface area contributed by atoms with Gasteiger partial charge in [0.2, 0.25) is 0 Å². The first-order chi connectivity index (χ1) is 8.00. The first kappa shape index (κ1) is 24.7. The van der Waals surface area contributed by atoms with Crippen LogP contribution in [0.2, 0.25) is 0 Å². The van der Waals surface area contributed by atoms with Gasteiger partial charge >= 0.3 is 21.1 Å². The summed E-state index contributed by atoms with van der Waals surface area (Å²) < 4.78 is 0. The van der Waals surface area contributed by atoms with Gasteiger partial charge in [0, 0.05) is 0 Å². The molecular formula is C16H28Cl2Pt. The van der Waals surface area contributed by atoms with Gasteiger partial charge in [-0.25, -0.2) is 0 Å². The van der Waals surface area contributed by atoms with Gasteiger partial charge in [0.05, 0.1) is 0 Å². The Balaban J connectivity index is -0.000000233. The zero-order valence-corrected chi connectivity index (χ0v) is 15.7. The maximum Gasteiger partial charge on any atom is 2.00 e. The average Bonchev–Trinajstić information content (AvgIpc) is 2.15. The Kier molecular flexibility index (Phi) is 27.4. The topological polar surface area (TPSA) is 0 Å². The number of hydrogen-bond acceptors (Lipinski definition) is 0. The molecule has 0 aromatic heterocycles. The van der Waals surface area contributed by atoms with Crippen molar-refractivity contribution in [1.29, 1.82) is 0 Å². The van der Waals surface area contributed by atoms with E-state index in [0.717, 1.165) is 0 Å². The largest absolute Gasteiger partial charge is 2.00 e. The van der Waals surface area contributed by atoms with Crippen molar-refractivity contribution in [3.05, 3.63) is 24.3 Å². The molecule has 0 aromatic rings. The van der Waals surface area contributed by atoms with Crippen molar-refractivity contribution in [2.24, 2.45) is 0 Å². The van der Waals surface area contributed by atoms with Crippen molar-refractivity contribution in [2.75, 3.05) is 0 Å². The van der Waals surface area contributed by atoms with E-state index in [1.165, 1.54) is 77.0 Å². The molecule has 0 N–H and O–H groups in total. The Hall–Kier alpha value is 0.748. The Morgan fingerprint density at radius 1 is 0.368 bits per heavy atom. The van der Waals surface area contributed by atoms with Gasteiger partial charge in [-0.1, -0.05) is 50.0 Å². The first-order valence-electron chi connectivity index (χ1n) is 7.30. The van der Waals surface area contributed by atoms with Crippen molar-refractivity contribution in [3.63, 3.8) is 0 Å². The fourth-order valence-corrected chi connectivity index (χ4v) is 2.23. The fourth-order valence-electron chi connectivity index (χ4n) is 2.23. The molecule has 0 nitrogen and oxygen atoms in total. The molecule has 0 saturated carbocycles. The van der Waals surface area contributed by atoms with Crippen LogP contribution in [-0.4, -0.2) is 0 Å². The molecule has 0 atom stereocenters. The summed E-state index contributed by atoms with van der Waals surface area (Å²) in [5.41, 5.74) is 0. The minimum Gasteiger partial charge on any atom is -1.00 e. The maximum atomic E-state index is 2.32. The Labute approximate surface area is 147 Å². The molecule has 0 spiro atoms. The zero-order valence-electron chi connectivity index (χ0n) is 11.9. The summed E-state index contributed by atoms with van der Waals surface area (Å²) in [6.07, 6.45) is 26.0. The van der Waals surface area contributed by atoms with E-state index in [9.17, 15) is 0 Å². The van der Waals surface area contributed by atoms with Crippen molar-refractivity contribution in [1.82, 2.24) is 0 Å². The van der Waals surface area contributed by atoms with Crippen molar-refractivity contribution in [3.8, 4) is 0 Å². The van der Waals surface area contributed by atoms with Crippen LogP contribution in [0.25, 0.3) is 0 Å². The van der Waals surface area contributed by atoms with Crippen LogP contribution in [0.5, 0.6) is 0 Å². The van der Waals surface area contributed by atoms with E-state index >= 15 is 0 Å². The SMILES string of the molecule is C1=C\CCCCCC/1.C1=C\CCCCCC/1.[Cl-].[Cl-].[Pt+2]. The summed E-state index contributed by atoms with van der Waals surface area (Å²) in [7, 11) is 0. The van der Waals surface area contributed by atoms with E-state index in [1.54, 1.807) is 0 Å². The van der Waals surface area contributed by atoms with Gasteiger partial charge in [-0.2, -0.15) is 0 Å². The third-order valence-electron chi connectivity index (χ3n) is 3.32. The molecule has 0 saturated heterocycles. The summed E-state index contributed by atoms with van der Waals surface area (Å²) in [5, 5.41) is 0. The van der Waals surface area contributed by atoms with Crippen molar-refractivity contribution >= 4 is 0 Å². The predicted octanol–water partition coefficient (Wildman–Crippen LogP) is -0.201. The molecule has 0 aliphatic heterocycles. The molecule has 0 fully saturated rings. The van der Waals surface area contributed by atoms with Gasteiger partial charge in [-0.05, 0) is 51.4 Å². The van der Waals surface area contributed by atoms with Gasteiger partial charge in [-0.3, -0.25) is 0 Å². The first-order valence-corrected chi connectivity index (χ1v) is 7.30. The molecule has 0 heterocycles. The van der Waals surface area contributed by atoms with E-state index in [1.807, 2.05) is 0 Å². The summed E-state index contributed by atoms with van der Waals surface area (Å²) >= 11 is 0. The molecule has 19 heavy (non-hydrogen) atoms. The molecule has 2 aliphatic carbocycles. The van der Waals surface area contributed by atoms with Crippen molar-refractivity contribution < 1.29 is 45.9 Å². The molecule has 116 valence electrons. The second-order valence-electron chi connectivity index (χ2n) is 4.93. The summed E-state index contributed by atoms with van der Waals surface area (Å²) in [6, 6.07) is 0. The maximum absolute atomic E-state index is 2.32. The third kappa shape index (κ3) is 18.7. The average molecular weight is 486 g/mol. The van der Waals surface area contributed by atoms with E-state index in [2.05, 4.69) is 24.3 Å². The van der Waals surface area contributed by atoms with Crippen LogP contribution in [0, 0.1) is 0 Å². The molecule has 0 amide bonds.